The fourth-order valence-corrected chi connectivity index (χ4v) is 3.74. The van der Waals surface area contributed by atoms with E-state index in [1.165, 1.54) is 22.9 Å². The van der Waals surface area contributed by atoms with E-state index in [9.17, 15) is 14.3 Å². The van der Waals surface area contributed by atoms with Gasteiger partial charge in [0.1, 0.15) is 23.7 Å². The lowest BCUT2D eigenvalue weighted by molar-refractivity contribution is -0.271. The topological polar surface area (TPSA) is 95.7 Å². The highest BCUT2D eigenvalue weighted by Gasteiger charge is 2.44. The average molecular weight is 423 g/mol. The molecule has 1 N–H and O–H groups in total. The van der Waals surface area contributed by atoms with Gasteiger partial charge in [-0.05, 0) is 18.2 Å². The van der Waals surface area contributed by atoms with Gasteiger partial charge in [-0.2, -0.15) is 0 Å². The van der Waals surface area contributed by atoms with Crippen LogP contribution in [0.25, 0.3) is 11.3 Å². The number of ether oxygens (including phenoxy) is 3. The normalized spacial score (nSPS) is 25.3. The van der Waals surface area contributed by atoms with Crippen LogP contribution >= 0.6 is 0 Å². The minimum atomic E-state index is -1.20. The minimum absolute atomic E-state index is 0.150. The molecular formula is C22H18FN3O5. The molecule has 0 spiro atoms. The van der Waals surface area contributed by atoms with Crippen molar-refractivity contribution in [2.75, 3.05) is 6.61 Å². The Morgan fingerprint density at radius 2 is 2.00 bits per heavy atom. The number of rotatable bonds is 4. The van der Waals surface area contributed by atoms with Crippen LogP contribution in [0.5, 0.6) is 0 Å². The molecule has 0 bridgehead atoms. The van der Waals surface area contributed by atoms with Gasteiger partial charge in [-0.3, -0.25) is 0 Å². The first-order chi connectivity index (χ1) is 15.1. The molecule has 1 saturated heterocycles. The second kappa shape index (κ2) is 7.93. The Bertz CT molecular complexity index is 1130. The predicted octanol–water partition coefficient (Wildman–Crippen LogP) is 3.11. The van der Waals surface area contributed by atoms with Crippen LogP contribution in [0.2, 0.25) is 0 Å². The Labute approximate surface area is 176 Å². The fraction of sp³-hybridized carbons (Fsp3) is 0.227. The molecule has 0 radical (unpaired) electrons. The van der Waals surface area contributed by atoms with Crippen LogP contribution in [-0.2, 0) is 19.0 Å². The van der Waals surface area contributed by atoms with Gasteiger partial charge in [0.05, 0.1) is 12.8 Å². The zero-order valence-electron chi connectivity index (χ0n) is 16.2. The van der Waals surface area contributed by atoms with Crippen LogP contribution in [0.4, 0.5) is 4.39 Å². The number of fused-ring (bicyclic) bond motifs is 1. The van der Waals surface area contributed by atoms with E-state index in [1.807, 2.05) is 30.3 Å². The van der Waals surface area contributed by atoms with Crippen LogP contribution in [-0.4, -0.2) is 44.9 Å². The monoisotopic (exact) mass is 423 g/mol. The van der Waals surface area contributed by atoms with Crippen LogP contribution < -0.4 is 0 Å². The number of hydrogen-bond acceptors (Lipinski definition) is 6. The van der Waals surface area contributed by atoms with Gasteiger partial charge in [0.2, 0.25) is 5.76 Å². The first kappa shape index (κ1) is 19.4. The summed E-state index contributed by atoms with van der Waals surface area (Å²) in [5.41, 5.74) is 1.86. The quantitative estimate of drug-likeness (QED) is 0.689. The molecular weight excluding hydrogens is 405 g/mol. The highest BCUT2D eigenvalue weighted by molar-refractivity contribution is 5.84. The van der Waals surface area contributed by atoms with Crippen molar-refractivity contribution in [3.05, 3.63) is 84.0 Å². The molecule has 3 aromatic rings. The Morgan fingerprint density at radius 1 is 1.16 bits per heavy atom. The van der Waals surface area contributed by atoms with Gasteiger partial charge in [-0.15, -0.1) is 5.10 Å². The third-order valence-electron chi connectivity index (χ3n) is 5.21. The minimum Gasteiger partial charge on any atom is -0.478 e. The summed E-state index contributed by atoms with van der Waals surface area (Å²) in [7, 11) is 0. The van der Waals surface area contributed by atoms with Gasteiger partial charge in [-0.25, -0.2) is 13.9 Å². The molecule has 2 aromatic carbocycles. The molecule has 2 aliphatic heterocycles. The van der Waals surface area contributed by atoms with Gasteiger partial charge < -0.3 is 19.3 Å². The summed E-state index contributed by atoms with van der Waals surface area (Å²) in [4.78, 5) is 11.6. The number of carbonyl (C=O) groups is 1. The number of aliphatic carboxylic acids is 1. The zero-order valence-corrected chi connectivity index (χ0v) is 16.2. The maximum atomic E-state index is 13.6. The fourth-order valence-electron chi connectivity index (χ4n) is 3.74. The Hall–Kier alpha value is -3.56. The zero-order chi connectivity index (χ0) is 21.4. The van der Waals surface area contributed by atoms with Crippen LogP contribution in [0.3, 0.4) is 0 Å². The van der Waals surface area contributed by atoms with E-state index < -0.39 is 30.5 Å². The molecule has 4 atom stereocenters. The second-order valence-corrected chi connectivity index (χ2v) is 7.25. The van der Waals surface area contributed by atoms with Crippen molar-refractivity contribution in [2.24, 2.45) is 0 Å². The van der Waals surface area contributed by atoms with Gasteiger partial charge >= 0.3 is 5.97 Å². The van der Waals surface area contributed by atoms with Gasteiger partial charge in [0.25, 0.3) is 0 Å². The van der Waals surface area contributed by atoms with Crippen molar-refractivity contribution in [3.63, 3.8) is 0 Å². The maximum Gasteiger partial charge on any atom is 0.370 e. The lowest BCUT2D eigenvalue weighted by atomic mass is 10.00. The number of aromatic nitrogens is 3. The van der Waals surface area contributed by atoms with Crippen molar-refractivity contribution >= 4 is 5.97 Å². The summed E-state index contributed by atoms with van der Waals surface area (Å²) >= 11 is 0. The van der Waals surface area contributed by atoms with Crippen molar-refractivity contribution in [1.82, 2.24) is 15.0 Å². The molecule has 2 aliphatic rings. The molecule has 8 nitrogen and oxygen atoms in total. The molecule has 0 aliphatic carbocycles. The van der Waals surface area contributed by atoms with Crippen molar-refractivity contribution in [2.45, 2.75) is 24.5 Å². The van der Waals surface area contributed by atoms with E-state index in [-0.39, 0.29) is 18.2 Å². The number of carboxylic acids is 1. The summed E-state index contributed by atoms with van der Waals surface area (Å²) in [6.07, 6.45) is 1.25. The highest BCUT2D eigenvalue weighted by Crippen LogP contribution is 2.37. The van der Waals surface area contributed by atoms with Crippen molar-refractivity contribution in [3.8, 4) is 11.3 Å². The van der Waals surface area contributed by atoms with E-state index in [2.05, 4.69) is 10.3 Å². The summed E-state index contributed by atoms with van der Waals surface area (Å²) in [6.45, 7) is 0.150. The molecule has 158 valence electrons. The number of halogens is 1. The molecule has 0 saturated carbocycles. The summed E-state index contributed by atoms with van der Waals surface area (Å²) in [5, 5.41) is 17.8. The third kappa shape index (κ3) is 3.80. The summed E-state index contributed by atoms with van der Waals surface area (Å²) in [6, 6.07) is 14.8. The number of nitrogens with zero attached hydrogens (tertiary/aromatic N) is 3. The van der Waals surface area contributed by atoms with E-state index in [0.29, 0.717) is 11.3 Å². The van der Waals surface area contributed by atoms with Crippen LogP contribution in [0.1, 0.15) is 17.9 Å². The van der Waals surface area contributed by atoms with Crippen molar-refractivity contribution < 1.29 is 28.5 Å². The number of benzene rings is 2. The third-order valence-corrected chi connectivity index (χ3v) is 5.21. The number of carboxylic acid groups (broad SMARTS) is 1. The SMILES string of the molecule is O=C(O)C1=C[C@@H](n2cc(-c3cccc(F)c3)nn2)[C@H]2OC(c3ccccc3)OC[C@H]2O1. The largest absolute Gasteiger partial charge is 0.478 e. The molecule has 3 heterocycles. The van der Waals surface area contributed by atoms with Gasteiger partial charge in [-0.1, -0.05) is 47.7 Å². The predicted molar refractivity (Wildman–Crippen MR) is 105 cm³/mol. The summed E-state index contributed by atoms with van der Waals surface area (Å²) < 4.78 is 32.7. The second-order valence-electron chi connectivity index (χ2n) is 7.25. The Morgan fingerprint density at radius 3 is 2.77 bits per heavy atom. The Balaban J connectivity index is 1.48. The lowest BCUT2D eigenvalue weighted by Gasteiger charge is -2.41. The van der Waals surface area contributed by atoms with Gasteiger partial charge in [0.15, 0.2) is 12.4 Å². The average Bonchev–Trinajstić information content (AvgIpc) is 3.29. The standard InChI is InChI=1S/C22H18FN3O5/c23-15-8-4-7-14(9-15)16-11-26(25-24-16)17-10-18(21(27)28)30-19-12-29-22(31-20(17)19)13-5-2-1-3-6-13/h1-11,17,19-20,22H,12H2,(H,27,28)/t17-,19-,20-,22?/m1/s1. The first-order valence-electron chi connectivity index (χ1n) is 9.70. The Kier molecular flexibility index (Phi) is 4.97. The van der Waals surface area contributed by atoms with Crippen LogP contribution in [0, 0.1) is 5.82 Å². The lowest BCUT2D eigenvalue weighted by Crippen LogP contribution is -2.49. The number of hydrogen-bond donors (Lipinski definition) is 1. The van der Waals surface area contributed by atoms with E-state index in [0.717, 1.165) is 5.56 Å². The maximum absolute atomic E-state index is 13.6. The molecule has 31 heavy (non-hydrogen) atoms. The summed E-state index contributed by atoms with van der Waals surface area (Å²) in [5.74, 6) is -1.79. The van der Waals surface area contributed by atoms with Crippen LogP contribution in [0.15, 0.2) is 72.6 Å². The molecule has 0 amide bonds. The van der Waals surface area contributed by atoms with E-state index >= 15 is 0 Å². The smallest absolute Gasteiger partial charge is 0.370 e. The van der Waals surface area contributed by atoms with Crippen molar-refractivity contribution in [1.29, 1.82) is 0 Å². The van der Waals surface area contributed by atoms with Gasteiger partial charge in [0, 0.05) is 11.1 Å². The molecule has 5 rings (SSSR count). The highest BCUT2D eigenvalue weighted by atomic mass is 19.1. The van der Waals surface area contributed by atoms with E-state index in [4.69, 9.17) is 14.2 Å². The molecule has 1 unspecified atom stereocenters. The molecule has 1 aromatic heterocycles. The molecule has 9 heteroatoms. The van der Waals surface area contributed by atoms with E-state index in [1.54, 1.807) is 18.3 Å². The molecule has 1 fully saturated rings. The first-order valence-corrected chi connectivity index (χ1v) is 9.70.